The van der Waals surface area contributed by atoms with E-state index in [0.29, 0.717) is 36.1 Å². The summed E-state index contributed by atoms with van der Waals surface area (Å²) in [7, 11) is 0. The summed E-state index contributed by atoms with van der Waals surface area (Å²) in [4.78, 5) is 14.5. The van der Waals surface area contributed by atoms with Gasteiger partial charge in [-0.1, -0.05) is 119 Å². The Bertz CT molecular complexity index is 1670. The third-order valence-corrected chi connectivity index (χ3v) is 17.0. The van der Waals surface area contributed by atoms with Gasteiger partial charge in [-0.05, 0) is 128 Å². The highest BCUT2D eigenvalue weighted by Crippen LogP contribution is 2.78. The van der Waals surface area contributed by atoms with Crippen LogP contribution in [0.5, 0.6) is 0 Å². The van der Waals surface area contributed by atoms with E-state index in [1.165, 1.54) is 42.4 Å². The number of aliphatic hydroxyl groups is 1. The minimum atomic E-state index is -0.632. The van der Waals surface area contributed by atoms with Crippen LogP contribution in [-0.4, -0.2) is 34.7 Å². The fraction of sp³-hybridized carbons (Fsp3) is 0.653. The van der Waals surface area contributed by atoms with Gasteiger partial charge in [-0.15, -0.1) is 0 Å². The molecule has 0 spiro atoms. The first-order valence-corrected chi connectivity index (χ1v) is 20.9. The van der Waals surface area contributed by atoms with Crippen LogP contribution < -0.4 is 0 Å². The summed E-state index contributed by atoms with van der Waals surface area (Å²) < 4.78 is 5.99. The zero-order valence-electron chi connectivity index (χ0n) is 33.9. The normalized spacial score (nSPS) is 39.0. The molecule has 5 aliphatic carbocycles. The van der Waals surface area contributed by atoms with Crippen molar-refractivity contribution in [1.82, 2.24) is 4.90 Å². The van der Waals surface area contributed by atoms with Crippen molar-refractivity contribution in [3.63, 3.8) is 0 Å². The van der Waals surface area contributed by atoms with Gasteiger partial charge < -0.3 is 9.84 Å². The van der Waals surface area contributed by atoms with Gasteiger partial charge in [0.2, 0.25) is 0 Å². The number of aliphatic hydroxyl groups excluding tert-OH is 1. The van der Waals surface area contributed by atoms with Crippen LogP contribution in [0, 0.1) is 68.5 Å². The van der Waals surface area contributed by atoms with E-state index < -0.39 is 6.10 Å². The Morgan fingerprint density at radius 2 is 1.45 bits per heavy atom. The molecule has 0 heterocycles. The summed E-state index contributed by atoms with van der Waals surface area (Å²) >= 11 is 0. The molecule has 0 aliphatic heterocycles. The molecule has 286 valence electrons. The minimum absolute atomic E-state index is 0.00539. The standard InChI is InChI=1S/C49H67NO3/c1-34(2)38-23-28-49(42(52)20-15-31-50(32-36-16-11-9-12-17-36)33-37-18-13-10-14-19-37)30-29-47(7)39(44(38)49)21-22-41-46(6)26-25-43(53-35(3)51)45(4,5)40(46)24-27-48(41,47)8/h9-14,16-19,38-44,52H,1,21-33H2,2-8H3/t38-,39+,40-,41+,42+,43-,44+,46-,47+,48+,49+/m0/s1. The molecule has 1 N–H and O–H groups in total. The predicted molar refractivity (Wildman–Crippen MR) is 215 cm³/mol. The highest BCUT2D eigenvalue weighted by atomic mass is 16.5. The van der Waals surface area contributed by atoms with E-state index in [4.69, 9.17) is 4.74 Å². The van der Waals surface area contributed by atoms with Crippen molar-refractivity contribution in [2.45, 2.75) is 138 Å². The molecule has 2 aromatic carbocycles. The molecule has 11 atom stereocenters. The molecule has 4 nitrogen and oxygen atoms in total. The Morgan fingerprint density at radius 1 is 0.811 bits per heavy atom. The van der Waals surface area contributed by atoms with E-state index in [-0.39, 0.29) is 39.1 Å². The average Bonchev–Trinajstić information content (AvgIpc) is 3.52. The molecule has 5 saturated carbocycles. The van der Waals surface area contributed by atoms with Crippen molar-refractivity contribution in [1.29, 1.82) is 0 Å². The number of hydrogen-bond donors (Lipinski definition) is 1. The lowest BCUT2D eigenvalue weighted by Gasteiger charge is -2.73. The molecule has 53 heavy (non-hydrogen) atoms. The Hall–Kier alpha value is -2.87. The number of benzene rings is 2. The van der Waals surface area contributed by atoms with E-state index in [1.807, 2.05) is 0 Å². The third-order valence-electron chi connectivity index (χ3n) is 17.0. The first kappa shape index (κ1) is 38.4. The largest absolute Gasteiger partial charge is 0.462 e. The van der Waals surface area contributed by atoms with Gasteiger partial charge in [-0.3, -0.25) is 9.69 Å². The van der Waals surface area contributed by atoms with Crippen LogP contribution in [0.25, 0.3) is 0 Å². The lowest BCUT2D eigenvalue weighted by Crippen LogP contribution is -2.67. The molecular formula is C49H67NO3. The van der Waals surface area contributed by atoms with Crippen LogP contribution in [0.1, 0.15) is 124 Å². The Morgan fingerprint density at radius 3 is 2.06 bits per heavy atom. The van der Waals surface area contributed by atoms with E-state index >= 15 is 0 Å². The number of rotatable bonds is 8. The Balaban J connectivity index is 1.15. The topological polar surface area (TPSA) is 49.8 Å². The number of nitrogens with zero attached hydrogens (tertiary/aromatic N) is 1. The van der Waals surface area contributed by atoms with E-state index in [9.17, 15) is 9.90 Å². The summed E-state index contributed by atoms with van der Waals surface area (Å²) in [6.07, 6.45) is 10.8. The zero-order valence-corrected chi connectivity index (χ0v) is 33.9. The smallest absolute Gasteiger partial charge is 0.302 e. The van der Waals surface area contributed by atoms with Crippen molar-refractivity contribution in [3.8, 4) is 11.8 Å². The number of ether oxygens (including phenoxy) is 1. The Kier molecular flexibility index (Phi) is 10.4. The monoisotopic (exact) mass is 718 g/mol. The molecule has 7 rings (SSSR count). The molecule has 5 aliphatic rings. The second kappa shape index (κ2) is 14.3. The molecule has 4 heteroatoms. The van der Waals surface area contributed by atoms with Gasteiger partial charge in [0.05, 0.1) is 6.54 Å². The fourth-order valence-corrected chi connectivity index (χ4v) is 14.3. The van der Waals surface area contributed by atoms with E-state index in [2.05, 4.69) is 126 Å². The maximum absolute atomic E-state index is 12.4. The SMILES string of the molecule is C=C(C)[C@@H]1CC[C@]2([C@H](O)C#CCN(Cc3ccccc3)Cc3ccccc3)CC[C@]3(C)[C@H](CC[C@@H]4[C@@]5(C)CC[C@H](OC(C)=O)C(C)(C)[C@@H]5CC[C@]43C)[C@@H]12. The molecule has 0 amide bonds. The van der Waals surface area contributed by atoms with Crippen LogP contribution >= 0.6 is 0 Å². The number of esters is 1. The van der Waals surface area contributed by atoms with Gasteiger partial charge in [0.15, 0.2) is 0 Å². The number of hydrogen-bond acceptors (Lipinski definition) is 4. The van der Waals surface area contributed by atoms with Gasteiger partial charge in [0.25, 0.3) is 0 Å². The second-order valence-electron chi connectivity index (χ2n) is 19.7. The second-order valence-corrected chi connectivity index (χ2v) is 19.7. The number of carbonyl (C=O) groups excluding carboxylic acids is 1. The first-order valence-electron chi connectivity index (χ1n) is 20.9. The number of carbonyl (C=O) groups is 1. The third kappa shape index (κ3) is 6.44. The van der Waals surface area contributed by atoms with Gasteiger partial charge in [-0.2, -0.15) is 0 Å². The first-order chi connectivity index (χ1) is 25.2. The Labute approximate surface area is 321 Å². The predicted octanol–water partition coefficient (Wildman–Crippen LogP) is 10.6. The van der Waals surface area contributed by atoms with Gasteiger partial charge in [0.1, 0.15) is 12.2 Å². The van der Waals surface area contributed by atoms with Crippen LogP contribution in [0.3, 0.4) is 0 Å². The van der Waals surface area contributed by atoms with Crippen molar-refractivity contribution in [3.05, 3.63) is 83.9 Å². The molecule has 0 unspecified atom stereocenters. The summed E-state index contributed by atoms with van der Waals surface area (Å²) in [5.74, 6) is 9.51. The summed E-state index contributed by atoms with van der Waals surface area (Å²) in [5.41, 5.74) is 4.30. The molecule has 0 radical (unpaired) electrons. The quantitative estimate of drug-likeness (QED) is 0.168. The van der Waals surface area contributed by atoms with Crippen LogP contribution in [0.4, 0.5) is 0 Å². The molecule has 2 aromatic rings. The van der Waals surface area contributed by atoms with Crippen molar-refractivity contribution in [2.24, 2.45) is 56.7 Å². The number of fused-ring (bicyclic) bond motifs is 7. The van der Waals surface area contributed by atoms with Crippen LogP contribution in [-0.2, 0) is 22.6 Å². The van der Waals surface area contributed by atoms with Crippen molar-refractivity contribution >= 4 is 5.97 Å². The van der Waals surface area contributed by atoms with Gasteiger partial charge in [0, 0.05) is 30.8 Å². The fourth-order valence-electron chi connectivity index (χ4n) is 14.3. The van der Waals surface area contributed by atoms with Crippen LogP contribution in [0.2, 0.25) is 0 Å². The molecule has 0 aromatic heterocycles. The lowest BCUT2D eigenvalue weighted by atomic mass is 9.32. The summed E-state index contributed by atoms with van der Waals surface area (Å²) in [6, 6.07) is 21.3. The molecule has 0 saturated heterocycles. The number of allylic oxidation sites excluding steroid dienone is 1. The van der Waals surface area contributed by atoms with Gasteiger partial charge >= 0.3 is 5.97 Å². The highest BCUT2D eigenvalue weighted by Gasteiger charge is 2.71. The minimum Gasteiger partial charge on any atom is -0.462 e. The lowest BCUT2D eigenvalue weighted by molar-refractivity contribution is -0.253. The maximum Gasteiger partial charge on any atom is 0.302 e. The van der Waals surface area contributed by atoms with Crippen LogP contribution in [0.15, 0.2) is 72.8 Å². The summed E-state index contributed by atoms with van der Waals surface area (Å²) in [5, 5.41) is 12.4. The van der Waals surface area contributed by atoms with E-state index in [0.717, 1.165) is 51.6 Å². The van der Waals surface area contributed by atoms with Crippen molar-refractivity contribution < 1.29 is 14.6 Å². The van der Waals surface area contributed by atoms with Gasteiger partial charge in [-0.25, -0.2) is 0 Å². The van der Waals surface area contributed by atoms with E-state index in [1.54, 1.807) is 6.92 Å². The average molecular weight is 718 g/mol. The maximum atomic E-state index is 12.4. The van der Waals surface area contributed by atoms with Crippen molar-refractivity contribution in [2.75, 3.05) is 6.54 Å². The zero-order chi connectivity index (χ0) is 37.8. The molecular weight excluding hydrogens is 651 g/mol. The molecule has 5 fully saturated rings. The molecule has 0 bridgehead atoms. The summed E-state index contributed by atoms with van der Waals surface area (Å²) in [6.45, 7) is 23.4. The highest BCUT2D eigenvalue weighted by molar-refractivity contribution is 5.66.